The van der Waals surface area contributed by atoms with Crippen molar-refractivity contribution in [3.63, 3.8) is 0 Å². The van der Waals surface area contributed by atoms with Gasteiger partial charge in [0.25, 0.3) is 5.91 Å². The Bertz CT molecular complexity index is 514. The third-order valence-electron chi connectivity index (χ3n) is 5.09. The quantitative estimate of drug-likeness (QED) is 0.902. The summed E-state index contributed by atoms with van der Waals surface area (Å²) >= 11 is 0. The highest BCUT2D eigenvalue weighted by Gasteiger charge is 2.40. The van der Waals surface area contributed by atoms with Crippen LogP contribution in [0.3, 0.4) is 0 Å². The van der Waals surface area contributed by atoms with Crippen molar-refractivity contribution in [1.82, 2.24) is 5.32 Å². The standard InChI is InChI=1S/C18H25NO2/c1-3-14-6-4-5-7-17(14)21-12(2)18(20)19-16-11-13-8-9-15(16)10-13/h4-7,12-13,15-16H,3,8-11H2,1-2H3,(H,19,20)/t12-,13-,15-,16-/m1/s1. The van der Waals surface area contributed by atoms with Crippen molar-refractivity contribution in [2.75, 3.05) is 0 Å². The van der Waals surface area contributed by atoms with Crippen LogP contribution in [0.15, 0.2) is 24.3 Å². The number of ether oxygens (including phenoxy) is 1. The van der Waals surface area contributed by atoms with Crippen LogP contribution in [-0.2, 0) is 11.2 Å². The summed E-state index contributed by atoms with van der Waals surface area (Å²) < 4.78 is 5.88. The molecular weight excluding hydrogens is 262 g/mol. The molecule has 2 saturated carbocycles. The summed E-state index contributed by atoms with van der Waals surface area (Å²) in [5.41, 5.74) is 1.15. The minimum Gasteiger partial charge on any atom is -0.481 e. The summed E-state index contributed by atoms with van der Waals surface area (Å²) in [6.45, 7) is 3.94. The average molecular weight is 287 g/mol. The summed E-state index contributed by atoms with van der Waals surface area (Å²) in [6.07, 6.45) is 5.58. The maximum Gasteiger partial charge on any atom is 0.261 e. The molecule has 0 heterocycles. The monoisotopic (exact) mass is 287 g/mol. The Morgan fingerprint density at radius 3 is 2.81 bits per heavy atom. The highest BCUT2D eigenvalue weighted by Crippen LogP contribution is 2.44. The van der Waals surface area contributed by atoms with Gasteiger partial charge in [-0.25, -0.2) is 0 Å². The lowest BCUT2D eigenvalue weighted by atomic mass is 9.95. The molecule has 1 amide bonds. The van der Waals surface area contributed by atoms with Gasteiger partial charge in [-0.2, -0.15) is 0 Å². The molecule has 0 aliphatic heterocycles. The largest absolute Gasteiger partial charge is 0.481 e. The predicted octanol–water partition coefficient (Wildman–Crippen LogP) is 3.32. The molecule has 114 valence electrons. The van der Waals surface area contributed by atoms with Gasteiger partial charge in [0.2, 0.25) is 0 Å². The van der Waals surface area contributed by atoms with E-state index in [2.05, 4.69) is 18.3 Å². The van der Waals surface area contributed by atoms with Crippen molar-refractivity contribution >= 4 is 5.91 Å². The van der Waals surface area contributed by atoms with Crippen molar-refractivity contribution in [1.29, 1.82) is 0 Å². The molecule has 3 heteroatoms. The Kier molecular flexibility index (Phi) is 4.18. The van der Waals surface area contributed by atoms with Gasteiger partial charge in [-0.05, 0) is 56.1 Å². The second-order valence-corrected chi connectivity index (χ2v) is 6.51. The van der Waals surface area contributed by atoms with Gasteiger partial charge >= 0.3 is 0 Å². The van der Waals surface area contributed by atoms with E-state index in [1.54, 1.807) is 0 Å². The number of carbonyl (C=O) groups excluding carboxylic acids is 1. The minimum atomic E-state index is -0.433. The van der Waals surface area contributed by atoms with Gasteiger partial charge in [0.05, 0.1) is 0 Å². The number of carbonyl (C=O) groups is 1. The smallest absolute Gasteiger partial charge is 0.261 e. The third-order valence-corrected chi connectivity index (χ3v) is 5.09. The van der Waals surface area contributed by atoms with Crippen LogP contribution >= 0.6 is 0 Å². The van der Waals surface area contributed by atoms with Gasteiger partial charge in [0, 0.05) is 6.04 Å². The Labute approximate surface area is 127 Å². The molecule has 1 aromatic carbocycles. The molecule has 0 radical (unpaired) electrons. The van der Waals surface area contributed by atoms with Crippen molar-refractivity contribution in [3.8, 4) is 5.75 Å². The molecule has 3 rings (SSSR count). The number of nitrogens with one attached hydrogen (secondary N) is 1. The summed E-state index contributed by atoms with van der Waals surface area (Å²) in [5, 5.41) is 3.20. The zero-order valence-corrected chi connectivity index (χ0v) is 13.0. The normalized spacial score (nSPS) is 28.4. The molecule has 0 aromatic heterocycles. The molecule has 21 heavy (non-hydrogen) atoms. The highest BCUT2D eigenvalue weighted by molar-refractivity contribution is 5.81. The molecule has 2 aliphatic rings. The number of rotatable bonds is 5. The summed E-state index contributed by atoms with van der Waals surface area (Å²) in [4.78, 5) is 12.3. The zero-order valence-electron chi connectivity index (χ0n) is 13.0. The minimum absolute atomic E-state index is 0.0263. The molecule has 0 spiro atoms. The number of hydrogen-bond acceptors (Lipinski definition) is 2. The predicted molar refractivity (Wildman–Crippen MR) is 83.3 cm³/mol. The lowest BCUT2D eigenvalue weighted by molar-refractivity contribution is -0.128. The molecular formula is C18H25NO2. The number of para-hydroxylation sites is 1. The molecule has 1 N–H and O–H groups in total. The molecule has 2 bridgehead atoms. The van der Waals surface area contributed by atoms with Crippen LogP contribution in [0.5, 0.6) is 5.75 Å². The van der Waals surface area contributed by atoms with Gasteiger partial charge in [-0.1, -0.05) is 31.5 Å². The van der Waals surface area contributed by atoms with E-state index in [0.29, 0.717) is 12.0 Å². The first-order valence-electron chi connectivity index (χ1n) is 8.22. The Balaban J connectivity index is 1.57. The van der Waals surface area contributed by atoms with E-state index in [1.165, 1.54) is 19.3 Å². The van der Waals surface area contributed by atoms with Crippen LogP contribution in [0, 0.1) is 11.8 Å². The van der Waals surface area contributed by atoms with E-state index >= 15 is 0 Å². The fraction of sp³-hybridized carbons (Fsp3) is 0.611. The van der Waals surface area contributed by atoms with E-state index in [-0.39, 0.29) is 5.91 Å². The van der Waals surface area contributed by atoms with E-state index in [1.807, 2.05) is 25.1 Å². The summed E-state index contributed by atoms with van der Waals surface area (Å²) in [6, 6.07) is 8.33. The Morgan fingerprint density at radius 2 is 2.14 bits per heavy atom. The van der Waals surface area contributed by atoms with Gasteiger partial charge in [-0.15, -0.1) is 0 Å². The third kappa shape index (κ3) is 3.07. The first-order valence-corrected chi connectivity index (χ1v) is 8.22. The van der Waals surface area contributed by atoms with Crippen molar-refractivity contribution in [2.24, 2.45) is 11.8 Å². The van der Waals surface area contributed by atoms with Crippen LogP contribution < -0.4 is 10.1 Å². The van der Waals surface area contributed by atoms with Gasteiger partial charge in [-0.3, -0.25) is 4.79 Å². The molecule has 4 atom stereocenters. The molecule has 1 aromatic rings. The van der Waals surface area contributed by atoms with Gasteiger partial charge in [0.1, 0.15) is 5.75 Å². The summed E-state index contributed by atoms with van der Waals surface area (Å²) in [7, 11) is 0. The molecule has 3 nitrogen and oxygen atoms in total. The first-order chi connectivity index (χ1) is 10.2. The van der Waals surface area contributed by atoms with Crippen LogP contribution in [0.1, 0.15) is 45.1 Å². The number of hydrogen-bond donors (Lipinski definition) is 1. The second-order valence-electron chi connectivity index (χ2n) is 6.51. The molecule has 2 fully saturated rings. The lowest BCUT2D eigenvalue weighted by Crippen LogP contribution is -2.44. The van der Waals surface area contributed by atoms with Crippen molar-refractivity contribution in [2.45, 2.75) is 58.1 Å². The Morgan fingerprint density at radius 1 is 1.33 bits per heavy atom. The zero-order chi connectivity index (χ0) is 14.8. The second kappa shape index (κ2) is 6.08. The van der Waals surface area contributed by atoms with Crippen LogP contribution in [-0.4, -0.2) is 18.1 Å². The van der Waals surface area contributed by atoms with Gasteiger partial charge in [0.15, 0.2) is 6.10 Å². The average Bonchev–Trinajstić information content (AvgIpc) is 3.10. The van der Waals surface area contributed by atoms with Crippen molar-refractivity contribution in [3.05, 3.63) is 29.8 Å². The first kappa shape index (κ1) is 14.4. The number of benzene rings is 1. The topological polar surface area (TPSA) is 38.3 Å². The van der Waals surface area contributed by atoms with Crippen LogP contribution in [0.4, 0.5) is 0 Å². The molecule has 0 unspecified atom stereocenters. The Hall–Kier alpha value is -1.51. The number of amides is 1. The number of fused-ring (bicyclic) bond motifs is 2. The van der Waals surface area contributed by atoms with Crippen LogP contribution in [0.25, 0.3) is 0 Å². The highest BCUT2D eigenvalue weighted by atomic mass is 16.5. The van der Waals surface area contributed by atoms with E-state index < -0.39 is 6.10 Å². The van der Waals surface area contributed by atoms with E-state index in [4.69, 9.17) is 4.74 Å². The fourth-order valence-corrected chi connectivity index (χ4v) is 3.88. The van der Waals surface area contributed by atoms with Gasteiger partial charge < -0.3 is 10.1 Å². The SMILES string of the molecule is CCc1ccccc1O[C@H](C)C(=O)N[C@@H]1C[C@@H]2CC[C@@H]1C2. The lowest BCUT2D eigenvalue weighted by Gasteiger charge is -2.25. The maximum absolute atomic E-state index is 12.3. The summed E-state index contributed by atoms with van der Waals surface area (Å²) in [5.74, 6) is 2.40. The fourth-order valence-electron chi connectivity index (χ4n) is 3.88. The maximum atomic E-state index is 12.3. The van der Waals surface area contributed by atoms with Crippen molar-refractivity contribution < 1.29 is 9.53 Å². The van der Waals surface area contributed by atoms with Crippen LogP contribution in [0.2, 0.25) is 0 Å². The molecule has 0 saturated heterocycles. The van der Waals surface area contributed by atoms with E-state index in [0.717, 1.165) is 30.1 Å². The molecule has 2 aliphatic carbocycles. The van der Waals surface area contributed by atoms with E-state index in [9.17, 15) is 4.79 Å². The number of aryl methyl sites for hydroxylation is 1.